The lowest BCUT2D eigenvalue weighted by molar-refractivity contribution is -0.748. The fourth-order valence-corrected chi connectivity index (χ4v) is 6.86. The van der Waals surface area contributed by atoms with E-state index in [0.29, 0.717) is 58.0 Å². The molecule has 5 heterocycles. The van der Waals surface area contributed by atoms with E-state index in [1.165, 1.54) is 13.2 Å². The molecule has 0 aliphatic carbocycles. The number of hydrogen-bond donors (Lipinski definition) is 0. The SMILES string of the molecule is COC(=O)C(OC(C)(C)C)c1c(C)nc2c(cc(-c3nnc(-c4ccc5c(c4)c[n+](C)n5C)o3)n2C)c1-c1cc(F)c2c(c1C)CCCO2. The average molecular weight is 668 g/mol. The average Bonchev–Trinajstić information content (AvgIpc) is 3.76. The highest BCUT2D eigenvalue weighted by Gasteiger charge is 2.35. The van der Waals surface area contributed by atoms with Crippen molar-refractivity contribution in [2.24, 2.45) is 21.1 Å². The molecule has 0 N–H and O–H groups in total. The first-order valence-corrected chi connectivity index (χ1v) is 16.3. The third-order valence-electron chi connectivity index (χ3n) is 9.32. The minimum absolute atomic E-state index is 0.279. The molecule has 49 heavy (non-hydrogen) atoms. The summed E-state index contributed by atoms with van der Waals surface area (Å²) >= 11 is 0. The molecule has 1 unspecified atom stereocenters. The number of aromatic nitrogens is 6. The van der Waals surface area contributed by atoms with E-state index < -0.39 is 23.5 Å². The second kappa shape index (κ2) is 11.8. The lowest BCUT2D eigenvalue weighted by atomic mass is 9.86. The van der Waals surface area contributed by atoms with Gasteiger partial charge in [0.05, 0.1) is 31.8 Å². The van der Waals surface area contributed by atoms with Gasteiger partial charge in [0, 0.05) is 40.4 Å². The summed E-state index contributed by atoms with van der Waals surface area (Å²) in [6.45, 7) is 9.85. The largest absolute Gasteiger partial charge is 0.490 e. The Morgan fingerprint density at radius 1 is 1.10 bits per heavy atom. The van der Waals surface area contributed by atoms with Crippen molar-refractivity contribution in [1.82, 2.24) is 24.4 Å². The van der Waals surface area contributed by atoms with Crippen LogP contribution in [-0.2, 0) is 41.8 Å². The number of aryl methyl sites for hydroxylation is 4. The van der Waals surface area contributed by atoms with Gasteiger partial charge in [-0.1, -0.05) is 0 Å². The number of carbonyl (C=O) groups is 1. The molecule has 0 spiro atoms. The van der Waals surface area contributed by atoms with E-state index >= 15 is 4.39 Å². The number of halogens is 1. The molecule has 0 bridgehead atoms. The highest BCUT2D eigenvalue weighted by atomic mass is 19.1. The highest BCUT2D eigenvalue weighted by molar-refractivity contribution is 6.01. The third-order valence-corrected chi connectivity index (χ3v) is 9.32. The summed E-state index contributed by atoms with van der Waals surface area (Å²) in [6.07, 6.45) is 2.35. The lowest BCUT2D eigenvalue weighted by Gasteiger charge is -2.29. The maximum Gasteiger partial charge on any atom is 0.339 e. The fourth-order valence-electron chi connectivity index (χ4n) is 6.86. The van der Waals surface area contributed by atoms with Crippen LogP contribution in [0.5, 0.6) is 5.75 Å². The zero-order chi connectivity index (χ0) is 34.9. The Balaban J connectivity index is 1.46. The minimum atomic E-state index is -1.14. The van der Waals surface area contributed by atoms with E-state index in [1.807, 2.05) is 95.5 Å². The second-order valence-corrected chi connectivity index (χ2v) is 13.6. The number of methoxy groups -OCH3 is 1. The number of carbonyl (C=O) groups excluding carboxylic acids is 1. The number of benzene rings is 2. The van der Waals surface area contributed by atoms with Crippen molar-refractivity contribution in [3.63, 3.8) is 0 Å². The molecular weight excluding hydrogens is 627 g/mol. The third kappa shape index (κ3) is 5.44. The Morgan fingerprint density at radius 3 is 2.59 bits per heavy atom. The second-order valence-electron chi connectivity index (χ2n) is 13.6. The van der Waals surface area contributed by atoms with Gasteiger partial charge in [0.15, 0.2) is 24.7 Å². The molecule has 4 aromatic heterocycles. The molecule has 11 nitrogen and oxygen atoms in total. The first kappa shape index (κ1) is 32.4. The van der Waals surface area contributed by atoms with E-state index in [2.05, 4.69) is 14.9 Å². The summed E-state index contributed by atoms with van der Waals surface area (Å²) in [6, 6.07) is 9.38. The van der Waals surface area contributed by atoms with E-state index in [0.717, 1.165) is 34.0 Å². The lowest BCUT2D eigenvalue weighted by Crippen LogP contribution is -2.35. The van der Waals surface area contributed by atoms with Crippen LogP contribution >= 0.6 is 0 Å². The van der Waals surface area contributed by atoms with Crippen molar-refractivity contribution in [2.45, 2.75) is 59.2 Å². The van der Waals surface area contributed by atoms with Crippen LogP contribution < -0.4 is 9.42 Å². The van der Waals surface area contributed by atoms with Gasteiger partial charge in [-0.05, 0) is 88.9 Å². The Labute approximate surface area is 283 Å². The molecule has 0 saturated carbocycles. The molecule has 0 amide bonds. The Hall–Kier alpha value is -5.10. The molecule has 1 aliphatic heterocycles. The Bertz CT molecular complexity index is 2290. The number of nitrogens with zero attached hydrogens (tertiary/aromatic N) is 6. The number of esters is 1. The van der Waals surface area contributed by atoms with Crippen molar-refractivity contribution in [1.29, 1.82) is 0 Å². The molecule has 6 aromatic rings. The molecule has 0 saturated heterocycles. The van der Waals surface area contributed by atoms with Crippen molar-refractivity contribution < 1.29 is 32.5 Å². The summed E-state index contributed by atoms with van der Waals surface area (Å²) in [4.78, 5) is 18.5. The molecule has 254 valence electrons. The molecule has 1 atom stereocenters. The molecule has 1 aliphatic rings. The summed E-state index contributed by atoms with van der Waals surface area (Å²) < 4.78 is 45.5. The zero-order valence-corrected chi connectivity index (χ0v) is 29.3. The standard InChI is InChI=1S/C37H40FN6O5/c1-19-23-11-10-14-47-31(23)26(38)16-24(19)30-25-17-28(35-41-40-34(48-35)21-12-13-27-22(15-21)18-42(6)44(27)8)43(7)33(25)39-20(2)29(30)32(36(45)46-9)49-37(3,4)5/h12-13,15-18,32H,10-11,14H2,1-9H3/q+1. The maximum atomic E-state index is 15.9. The number of fused-ring (bicyclic) bond motifs is 3. The molecular formula is C37H40FN6O5+. The number of ether oxygens (including phenoxy) is 3. The van der Waals surface area contributed by atoms with Crippen molar-refractivity contribution in [3.8, 4) is 39.9 Å². The van der Waals surface area contributed by atoms with E-state index in [-0.39, 0.29) is 11.6 Å². The number of rotatable bonds is 6. The van der Waals surface area contributed by atoms with Crippen LogP contribution in [0.1, 0.15) is 55.7 Å². The van der Waals surface area contributed by atoms with E-state index in [4.69, 9.17) is 23.6 Å². The first-order chi connectivity index (χ1) is 23.3. The zero-order valence-electron chi connectivity index (χ0n) is 29.3. The minimum Gasteiger partial charge on any atom is -0.490 e. The van der Waals surface area contributed by atoms with Crippen LogP contribution in [0.25, 0.3) is 56.1 Å². The summed E-state index contributed by atoms with van der Waals surface area (Å²) in [7, 11) is 7.17. The Morgan fingerprint density at radius 2 is 1.86 bits per heavy atom. The maximum absolute atomic E-state index is 15.9. The van der Waals surface area contributed by atoms with Gasteiger partial charge in [0.2, 0.25) is 12.1 Å². The van der Waals surface area contributed by atoms with Gasteiger partial charge in [-0.15, -0.1) is 14.9 Å². The summed E-state index contributed by atoms with van der Waals surface area (Å²) in [5, 5.41) is 10.5. The molecule has 12 heteroatoms. The van der Waals surface area contributed by atoms with Gasteiger partial charge in [0.1, 0.15) is 16.9 Å². The quantitative estimate of drug-likeness (QED) is 0.149. The summed E-state index contributed by atoms with van der Waals surface area (Å²) in [5.74, 6) is -0.105. The van der Waals surface area contributed by atoms with Crippen LogP contribution in [0, 0.1) is 19.7 Å². The Kier molecular flexibility index (Phi) is 7.81. The summed E-state index contributed by atoms with van der Waals surface area (Å²) in [5.41, 5.74) is 6.30. The smallest absolute Gasteiger partial charge is 0.339 e. The van der Waals surface area contributed by atoms with Gasteiger partial charge in [-0.25, -0.2) is 14.2 Å². The van der Waals surface area contributed by atoms with Gasteiger partial charge < -0.3 is 23.2 Å². The number of pyridine rings is 1. The first-order valence-electron chi connectivity index (χ1n) is 16.3. The van der Waals surface area contributed by atoms with Crippen LogP contribution in [-0.4, -0.2) is 49.7 Å². The fraction of sp³-hybridized carbons (Fsp3) is 0.378. The molecule has 0 radical (unpaired) electrons. The normalized spacial score (nSPS) is 13.9. The molecule has 7 rings (SSSR count). The highest BCUT2D eigenvalue weighted by Crippen LogP contribution is 2.45. The topological polar surface area (TPSA) is 110 Å². The van der Waals surface area contributed by atoms with Gasteiger partial charge in [-0.3, -0.25) is 0 Å². The van der Waals surface area contributed by atoms with Crippen LogP contribution in [0.4, 0.5) is 4.39 Å². The molecule has 0 fully saturated rings. The van der Waals surface area contributed by atoms with Gasteiger partial charge >= 0.3 is 5.97 Å². The van der Waals surface area contributed by atoms with Gasteiger partial charge in [-0.2, -0.15) is 4.68 Å². The monoisotopic (exact) mass is 667 g/mol. The predicted octanol–water partition coefficient (Wildman–Crippen LogP) is 6.38. The van der Waals surface area contributed by atoms with Crippen molar-refractivity contribution >= 4 is 27.9 Å². The van der Waals surface area contributed by atoms with E-state index in [1.54, 1.807) is 0 Å². The van der Waals surface area contributed by atoms with E-state index in [9.17, 15) is 4.79 Å². The van der Waals surface area contributed by atoms with Crippen molar-refractivity contribution in [3.05, 3.63) is 64.7 Å². The number of hydrogen-bond acceptors (Lipinski definition) is 8. The van der Waals surface area contributed by atoms with Crippen molar-refractivity contribution in [2.75, 3.05) is 13.7 Å². The predicted molar refractivity (Wildman–Crippen MR) is 181 cm³/mol. The van der Waals surface area contributed by atoms with Crippen LogP contribution in [0.3, 0.4) is 0 Å². The van der Waals surface area contributed by atoms with Crippen LogP contribution in [0.2, 0.25) is 0 Å². The molecule has 2 aromatic carbocycles. The van der Waals surface area contributed by atoms with Gasteiger partial charge in [0.25, 0.3) is 5.89 Å². The van der Waals surface area contributed by atoms with Crippen LogP contribution in [0.15, 0.2) is 40.9 Å².